The number of aromatic nitrogens is 1. The predicted octanol–water partition coefficient (Wildman–Crippen LogP) is 3.15. The molecule has 6 rings (SSSR count). The second-order valence-electron chi connectivity index (χ2n) is 8.98. The summed E-state index contributed by atoms with van der Waals surface area (Å²) in [7, 11) is 0. The standard InChI is InChI=1S/C22H19BrN2O5S2/c23-9-3-1-8(2-4-9)13-14-10-7-11(17(14)31-19-18(13)32-22(30)24-19)16-15(10)20(28)25(21(16)29)6-5-12(26)27/h1-4,10-11,13-17H,5-7H2,(H,24,30)(H,26,27). The first-order valence-corrected chi connectivity index (χ1v) is 13.1. The summed E-state index contributed by atoms with van der Waals surface area (Å²) in [6.07, 6.45) is 0.599. The van der Waals surface area contributed by atoms with E-state index in [1.165, 1.54) is 16.2 Å². The molecule has 2 bridgehead atoms. The van der Waals surface area contributed by atoms with Crippen molar-refractivity contribution in [3.8, 4) is 0 Å². The number of thiazole rings is 1. The van der Waals surface area contributed by atoms with E-state index in [4.69, 9.17) is 5.11 Å². The van der Waals surface area contributed by atoms with Gasteiger partial charge in [0.15, 0.2) is 0 Å². The highest BCUT2D eigenvalue weighted by Crippen LogP contribution is 2.68. The smallest absolute Gasteiger partial charge is 0.305 e. The summed E-state index contributed by atoms with van der Waals surface area (Å²) in [4.78, 5) is 54.8. The van der Waals surface area contributed by atoms with Crippen LogP contribution in [0.1, 0.15) is 29.2 Å². The molecule has 10 heteroatoms. The Morgan fingerprint density at radius 2 is 1.81 bits per heavy atom. The number of aliphatic carboxylic acids is 1. The third-order valence-electron chi connectivity index (χ3n) is 7.59. The number of imide groups is 1. The van der Waals surface area contributed by atoms with Crippen molar-refractivity contribution in [1.82, 2.24) is 9.88 Å². The molecule has 2 aromatic rings. The van der Waals surface area contributed by atoms with Crippen molar-refractivity contribution in [3.05, 3.63) is 48.8 Å². The summed E-state index contributed by atoms with van der Waals surface area (Å²) in [5.41, 5.74) is 1.11. The van der Waals surface area contributed by atoms with Crippen LogP contribution in [0.25, 0.3) is 0 Å². The minimum atomic E-state index is -1.02. The normalized spacial score (nSPS) is 34.5. The van der Waals surface area contributed by atoms with Crippen LogP contribution in [-0.2, 0) is 14.4 Å². The maximum Gasteiger partial charge on any atom is 0.305 e. The molecule has 7 atom stereocenters. The summed E-state index contributed by atoms with van der Waals surface area (Å²) in [6.45, 7) is -0.0568. The van der Waals surface area contributed by atoms with Crippen molar-refractivity contribution < 1.29 is 19.5 Å². The average molecular weight is 535 g/mol. The lowest BCUT2D eigenvalue weighted by Gasteiger charge is -2.43. The van der Waals surface area contributed by atoms with Gasteiger partial charge in [-0.25, -0.2) is 0 Å². The number of hydrogen-bond donors (Lipinski definition) is 2. The van der Waals surface area contributed by atoms with E-state index in [9.17, 15) is 19.2 Å². The number of aromatic amines is 1. The van der Waals surface area contributed by atoms with Gasteiger partial charge >= 0.3 is 10.8 Å². The van der Waals surface area contributed by atoms with E-state index in [0.717, 1.165) is 26.4 Å². The van der Waals surface area contributed by atoms with Gasteiger partial charge in [0, 0.05) is 27.1 Å². The van der Waals surface area contributed by atoms with Crippen LogP contribution in [0, 0.1) is 29.6 Å². The Morgan fingerprint density at radius 3 is 2.50 bits per heavy atom. The summed E-state index contributed by atoms with van der Waals surface area (Å²) in [5, 5.41) is 10.1. The number of halogens is 1. The molecule has 0 radical (unpaired) electrons. The number of carboxylic acid groups (broad SMARTS) is 1. The van der Waals surface area contributed by atoms with Gasteiger partial charge in [-0.1, -0.05) is 39.4 Å². The van der Waals surface area contributed by atoms with Crippen LogP contribution < -0.4 is 4.87 Å². The second kappa shape index (κ2) is 7.30. The molecule has 1 saturated heterocycles. The predicted molar refractivity (Wildman–Crippen MR) is 122 cm³/mol. The van der Waals surface area contributed by atoms with Crippen LogP contribution >= 0.6 is 39.0 Å². The Morgan fingerprint density at radius 1 is 1.12 bits per heavy atom. The summed E-state index contributed by atoms with van der Waals surface area (Å²) in [5.74, 6) is -1.92. The summed E-state index contributed by atoms with van der Waals surface area (Å²) in [6, 6.07) is 8.13. The van der Waals surface area contributed by atoms with E-state index < -0.39 is 5.97 Å². The fourth-order valence-corrected chi connectivity index (χ4v) is 9.70. The van der Waals surface area contributed by atoms with Crippen LogP contribution in [0.3, 0.4) is 0 Å². The molecule has 0 spiro atoms. The number of thioether (sulfide) groups is 1. The Labute approximate surface area is 199 Å². The molecule has 2 amide bonds. The van der Waals surface area contributed by atoms with Gasteiger partial charge < -0.3 is 10.1 Å². The number of nitrogens with zero attached hydrogens (tertiary/aromatic N) is 1. The molecule has 4 aliphatic rings. The van der Waals surface area contributed by atoms with E-state index in [2.05, 4.69) is 33.0 Å². The lowest BCUT2D eigenvalue weighted by Crippen LogP contribution is -2.42. The fourth-order valence-electron chi connectivity index (χ4n) is 6.55. The summed E-state index contributed by atoms with van der Waals surface area (Å²) >= 11 is 6.39. The highest BCUT2D eigenvalue weighted by atomic mass is 79.9. The molecule has 3 heterocycles. The number of carboxylic acids is 1. The lowest BCUT2D eigenvalue weighted by atomic mass is 9.68. The fraction of sp³-hybridized carbons (Fsp3) is 0.455. The van der Waals surface area contributed by atoms with E-state index in [-0.39, 0.29) is 70.4 Å². The lowest BCUT2D eigenvalue weighted by molar-refractivity contribution is -0.142. The maximum absolute atomic E-state index is 13.3. The van der Waals surface area contributed by atoms with Crippen LogP contribution in [0.15, 0.2) is 38.6 Å². The Balaban J connectivity index is 1.41. The Hall–Kier alpha value is -1.91. The zero-order valence-electron chi connectivity index (χ0n) is 16.7. The molecule has 166 valence electrons. The van der Waals surface area contributed by atoms with Crippen molar-refractivity contribution in [2.45, 2.75) is 29.0 Å². The molecule has 2 saturated carbocycles. The maximum atomic E-state index is 13.3. The zero-order valence-corrected chi connectivity index (χ0v) is 19.9. The highest BCUT2D eigenvalue weighted by molar-refractivity contribution is 9.10. The number of rotatable bonds is 4. The minimum Gasteiger partial charge on any atom is -0.481 e. The van der Waals surface area contributed by atoms with E-state index in [0.29, 0.717) is 0 Å². The van der Waals surface area contributed by atoms with Gasteiger partial charge in [-0.2, -0.15) is 0 Å². The molecule has 7 unspecified atom stereocenters. The first kappa shape index (κ1) is 20.7. The third-order valence-corrected chi connectivity index (χ3v) is 10.7. The van der Waals surface area contributed by atoms with E-state index in [1.54, 1.807) is 11.8 Å². The van der Waals surface area contributed by atoms with E-state index in [1.807, 2.05) is 12.1 Å². The number of carbonyl (C=O) groups excluding carboxylic acids is 2. The van der Waals surface area contributed by atoms with Gasteiger partial charge in [-0.3, -0.25) is 24.1 Å². The largest absolute Gasteiger partial charge is 0.481 e. The van der Waals surface area contributed by atoms with Crippen molar-refractivity contribution >= 4 is 56.8 Å². The molecule has 1 aromatic heterocycles. The number of amides is 2. The van der Waals surface area contributed by atoms with Crippen LogP contribution in [-0.4, -0.2) is 44.6 Å². The average Bonchev–Trinajstić information content (AvgIpc) is 3.47. The first-order chi connectivity index (χ1) is 15.3. The molecule has 7 nitrogen and oxygen atoms in total. The highest BCUT2D eigenvalue weighted by Gasteiger charge is 2.69. The van der Waals surface area contributed by atoms with Crippen LogP contribution in [0.5, 0.6) is 0 Å². The third kappa shape index (κ3) is 2.85. The number of carbonyl (C=O) groups is 3. The molecule has 1 aromatic carbocycles. The van der Waals surface area contributed by atoms with Crippen molar-refractivity contribution in [2.24, 2.45) is 29.6 Å². The number of likely N-dealkylation sites (tertiary alicyclic amines) is 1. The minimum absolute atomic E-state index is 0.000205. The SMILES string of the molecule is O=C(O)CCN1C(=O)C2C3CC(C2C1=O)C1C(c2ccc(Br)cc2)c2sc(=O)[nH]c2SC31. The van der Waals surface area contributed by atoms with E-state index >= 15 is 0 Å². The summed E-state index contributed by atoms with van der Waals surface area (Å²) < 4.78 is 0.976. The number of H-pyrrole nitrogens is 1. The van der Waals surface area contributed by atoms with Crippen LogP contribution in [0.4, 0.5) is 0 Å². The van der Waals surface area contributed by atoms with Gasteiger partial charge in [0.1, 0.15) is 0 Å². The molecule has 2 aliphatic carbocycles. The molecule has 2 N–H and O–H groups in total. The number of benzene rings is 1. The molecule has 32 heavy (non-hydrogen) atoms. The number of hydrogen-bond acceptors (Lipinski definition) is 6. The molecular weight excluding hydrogens is 516 g/mol. The first-order valence-electron chi connectivity index (χ1n) is 10.6. The monoisotopic (exact) mass is 534 g/mol. The quantitative estimate of drug-likeness (QED) is 0.583. The van der Waals surface area contributed by atoms with Gasteiger partial charge in [0.2, 0.25) is 11.8 Å². The van der Waals surface area contributed by atoms with Crippen LogP contribution in [0.2, 0.25) is 0 Å². The second-order valence-corrected chi connectivity index (χ2v) is 12.1. The van der Waals surface area contributed by atoms with Gasteiger partial charge in [0.05, 0.1) is 23.3 Å². The van der Waals surface area contributed by atoms with Crippen molar-refractivity contribution in [3.63, 3.8) is 0 Å². The molecule has 3 fully saturated rings. The molecule has 2 aliphatic heterocycles. The Bertz CT molecular complexity index is 1210. The van der Waals surface area contributed by atoms with Gasteiger partial charge in [-0.05, 0) is 41.9 Å². The topological polar surface area (TPSA) is 108 Å². The van der Waals surface area contributed by atoms with Crippen molar-refractivity contribution in [1.29, 1.82) is 0 Å². The molecular formula is C22H19BrN2O5S2. The zero-order chi connectivity index (χ0) is 22.3. The van der Waals surface area contributed by atoms with Gasteiger partial charge in [-0.15, -0.1) is 11.8 Å². The Kier molecular flexibility index (Phi) is 4.71. The number of fused-ring (bicyclic) bond motifs is 9. The van der Waals surface area contributed by atoms with Crippen molar-refractivity contribution in [2.75, 3.05) is 6.54 Å². The van der Waals surface area contributed by atoms with Gasteiger partial charge in [0.25, 0.3) is 0 Å². The number of nitrogens with one attached hydrogen (secondary N) is 1.